The van der Waals surface area contributed by atoms with Crippen LogP contribution in [0.2, 0.25) is 0 Å². The summed E-state index contributed by atoms with van der Waals surface area (Å²) in [6.45, 7) is 6.24. The van der Waals surface area contributed by atoms with Gasteiger partial charge in [0, 0.05) is 23.9 Å². The highest BCUT2D eigenvalue weighted by atomic mass is 16.5. The Morgan fingerprint density at radius 3 is 2.51 bits per heavy atom. The zero-order chi connectivity index (χ0) is 26.9. The Kier molecular flexibility index (Phi) is 9.42. The first-order valence-electron chi connectivity index (χ1n) is 12.2. The minimum absolute atomic E-state index is 0.0139. The van der Waals surface area contributed by atoms with Crippen molar-refractivity contribution in [2.45, 2.75) is 46.2 Å². The van der Waals surface area contributed by atoms with E-state index in [1.54, 1.807) is 37.4 Å². The van der Waals surface area contributed by atoms with Crippen molar-refractivity contribution in [3.8, 4) is 28.6 Å². The third-order valence-electron chi connectivity index (χ3n) is 5.77. The molecule has 1 atom stereocenters. The standard InChI is InChI=1S/C26H34N6O5/c1-6-21(26(35)27-13-12-17(2)3)32(19-8-7-9-20(33)15-19)24(34)16-31-29-25(28-30-31)18-10-11-22(36-4)23(14-18)37-5/h7-11,14-15,17,21,33H,6,12-13,16H2,1-5H3,(H,27,35). The van der Waals surface area contributed by atoms with E-state index in [0.29, 0.717) is 47.5 Å². The van der Waals surface area contributed by atoms with Gasteiger partial charge in [-0.1, -0.05) is 26.8 Å². The number of carbonyl (C=O) groups is 2. The van der Waals surface area contributed by atoms with Crippen LogP contribution in [0.25, 0.3) is 11.4 Å². The van der Waals surface area contributed by atoms with Gasteiger partial charge >= 0.3 is 0 Å². The van der Waals surface area contributed by atoms with Gasteiger partial charge in [0.15, 0.2) is 11.5 Å². The van der Waals surface area contributed by atoms with E-state index in [-0.39, 0.29) is 18.2 Å². The highest BCUT2D eigenvalue weighted by Gasteiger charge is 2.30. The zero-order valence-electron chi connectivity index (χ0n) is 21.8. The molecule has 0 bridgehead atoms. The molecule has 0 spiro atoms. The highest BCUT2D eigenvalue weighted by molar-refractivity contribution is 6.00. The van der Waals surface area contributed by atoms with Gasteiger partial charge in [-0.25, -0.2) is 0 Å². The Balaban J connectivity index is 1.85. The number of hydrogen-bond donors (Lipinski definition) is 2. The van der Waals surface area contributed by atoms with Gasteiger partial charge in [-0.15, -0.1) is 10.2 Å². The number of aromatic hydroxyl groups is 1. The zero-order valence-corrected chi connectivity index (χ0v) is 21.8. The van der Waals surface area contributed by atoms with Crippen LogP contribution in [-0.4, -0.2) is 63.9 Å². The van der Waals surface area contributed by atoms with Crippen LogP contribution in [0.3, 0.4) is 0 Å². The molecular weight excluding hydrogens is 476 g/mol. The number of phenolic OH excluding ortho intramolecular Hbond substituents is 1. The largest absolute Gasteiger partial charge is 0.508 e. The molecule has 1 unspecified atom stereocenters. The fraction of sp³-hybridized carbons (Fsp3) is 0.423. The van der Waals surface area contributed by atoms with E-state index in [1.807, 2.05) is 6.92 Å². The lowest BCUT2D eigenvalue weighted by Crippen LogP contribution is -2.51. The van der Waals surface area contributed by atoms with E-state index >= 15 is 0 Å². The molecule has 2 amide bonds. The van der Waals surface area contributed by atoms with E-state index in [4.69, 9.17) is 9.47 Å². The average molecular weight is 511 g/mol. The number of hydrogen-bond acceptors (Lipinski definition) is 8. The molecule has 1 heterocycles. The Morgan fingerprint density at radius 1 is 1.11 bits per heavy atom. The van der Waals surface area contributed by atoms with Gasteiger partial charge in [0.1, 0.15) is 18.3 Å². The number of ether oxygens (including phenoxy) is 2. The summed E-state index contributed by atoms with van der Waals surface area (Å²) in [5.74, 6) is 1.10. The maximum absolute atomic E-state index is 13.5. The van der Waals surface area contributed by atoms with Crippen molar-refractivity contribution in [1.82, 2.24) is 25.5 Å². The minimum atomic E-state index is -0.782. The number of amides is 2. The van der Waals surface area contributed by atoms with Gasteiger partial charge in [0.2, 0.25) is 11.7 Å². The van der Waals surface area contributed by atoms with Gasteiger partial charge in [-0.2, -0.15) is 4.80 Å². The van der Waals surface area contributed by atoms with Crippen molar-refractivity contribution in [2.75, 3.05) is 25.7 Å². The SMILES string of the molecule is CCC(C(=O)NCCC(C)C)N(C(=O)Cn1nnc(-c2ccc(OC)c(OC)c2)n1)c1cccc(O)c1. The number of benzene rings is 2. The summed E-state index contributed by atoms with van der Waals surface area (Å²) in [4.78, 5) is 29.2. The first-order chi connectivity index (χ1) is 17.8. The van der Waals surface area contributed by atoms with Crippen molar-refractivity contribution in [3.63, 3.8) is 0 Å². The summed E-state index contributed by atoms with van der Waals surface area (Å²) in [6, 6.07) is 10.7. The molecule has 1 aromatic heterocycles. The molecule has 198 valence electrons. The number of rotatable bonds is 12. The summed E-state index contributed by atoms with van der Waals surface area (Å²) in [5.41, 5.74) is 1.04. The fourth-order valence-electron chi connectivity index (χ4n) is 3.83. The van der Waals surface area contributed by atoms with Crippen LogP contribution in [0.1, 0.15) is 33.6 Å². The van der Waals surface area contributed by atoms with Crippen molar-refractivity contribution in [2.24, 2.45) is 5.92 Å². The van der Waals surface area contributed by atoms with Crippen LogP contribution >= 0.6 is 0 Å². The van der Waals surface area contributed by atoms with Gasteiger partial charge in [-0.05, 0) is 54.3 Å². The van der Waals surface area contributed by atoms with Crippen LogP contribution in [0.4, 0.5) is 5.69 Å². The van der Waals surface area contributed by atoms with Crippen molar-refractivity contribution < 1.29 is 24.2 Å². The average Bonchev–Trinajstić information content (AvgIpc) is 3.34. The molecule has 0 aliphatic rings. The van der Waals surface area contributed by atoms with E-state index in [2.05, 4.69) is 34.6 Å². The van der Waals surface area contributed by atoms with Gasteiger partial charge in [0.05, 0.1) is 14.2 Å². The first kappa shape index (κ1) is 27.4. The van der Waals surface area contributed by atoms with E-state index in [1.165, 1.54) is 28.9 Å². The molecule has 2 N–H and O–H groups in total. The predicted octanol–water partition coefficient (Wildman–Crippen LogP) is 3.04. The number of aromatic nitrogens is 4. The summed E-state index contributed by atoms with van der Waals surface area (Å²) < 4.78 is 10.6. The van der Waals surface area contributed by atoms with Crippen molar-refractivity contribution >= 4 is 17.5 Å². The number of tetrazole rings is 1. The second kappa shape index (κ2) is 12.7. The molecule has 0 saturated carbocycles. The molecule has 0 fully saturated rings. The molecule has 11 nitrogen and oxygen atoms in total. The lowest BCUT2D eigenvalue weighted by atomic mass is 10.1. The molecule has 11 heteroatoms. The summed E-state index contributed by atoms with van der Waals surface area (Å²) >= 11 is 0. The molecule has 2 aromatic carbocycles. The van der Waals surface area contributed by atoms with E-state index in [9.17, 15) is 14.7 Å². The van der Waals surface area contributed by atoms with E-state index in [0.717, 1.165) is 6.42 Å². The lowest BCUT2D eigenvalue weighted by molar-refractivity contribution is -0.127. The quantitative estimate of drug-likeness (QED) is 0.380. The Hall–Kier alpha value is -4.15. The molecule has 0 aliphatic carbocycles. The normalized spacial score (nSPS) is 11.7. The number of methoxy groups -OCH3 is 2. The molecular formula is C26H34N6O5. The molecule has 0 radical (unpaired) electrons. The van der Waals surface area contributed by atoms with Crippen LogP contribution in [-0.2, 0) is 16.1 Å². The Bertz CT molecular complexity index is 1210. The third kappa shape index (κ3) is 6.96. The first-order valence-corrected chi connectivity index (χ1v) is 12.2. The Labute approximate surface area is 216 Å². The highest BCUT2D eigenvalue weighted by Crippen LogP contribution is 2.31. The minimum Gasteiger partial charge on any atom is -0.508 e. The maximum atomic E-state index is 13.5. The summed E-state index contributed by atoms with van der Waals surface area (Å²) in [7, 11) is 3.08. The van der Waals surface area contributed by atoms with Crippen LogP contribution in [0.5, 0.6) is 17.2 Å². The van der Waals surface area contributed by atoms with Crippen molar-refractivity contribution in [3.05, 3.63) is 42.5 Å². The number of phenols is 1. The lowest BCUT2D eigenvalue weighted by Gasteiger charge is -2.30. The molecule has 0 aliphatic heterocycles. The van der Waals surface area contributed by atoms with Gasteiger partial charge in [-0.3, -0.25) is 14.5 Å². The molecule has 3 rings (SSSR count). The molecule has 37 heavy (non-hydrogen) atoms. The molecule has 0 saturated heterocycles. The van der Waals surface area contributed by atoms with Crippen LogP contribution in [0.15, 0.2) is 42.5 Å². The Morgan fingerprint density at radius 2 is 1.86 bits per heavy atom. The predicted molar refractivity (Wildman–Crippen MR) is 138 cm³/mol. The second-order valence-electron chi connectivity index (χ2n) is 8.89. The van der Waals surface area contributed by atoms with Crippen molar-refractivity contribution in [1.29, 1.82) is 0 Å². The number of carbonyl (C=O) groups excluding carboxylic acids is 2. The fourth-order valence-corrected chi connectivity index (χ4v) is 3.83. The number of nitrogens with zero attached hydrogens (tertiary/aromatic N) is 5. The van der Waals surface area contributed by atoms with Gasteiger partial charge in [0.25, 0.3) is 5.91 Å². The maximum Gasteiger partial charge on any atom is 0.251 e. The topological polar surface area (TPSA) is 132 Å². The van der Waals surface area contributed by atoms with Gasteiger partial charge < -0.3 is 19.9 Å². The van der Waals surface area contributed by atoms with Crippen LogP contribution in [0, 0.1) is 5.92 Å². The van der Waals surface area contributed by atoms with Crippen LogP contribution < -0.4 is 19.7 Å². The monoisotopic (exact) mass is 510 g/mol. The number of anilines is 1. The summed E-state index contributed by atoms with van der Waals surface area (Å²) in [6.07, 6.45) is 1.20. The second-order valence-corrected chi connectivity index (χ2v) is 8.89. The third-order valence-corrected chi connectivity index (χ3v) is 5.77. The molecule has 3 aromatic rings. The summed E-state index contributed by atoms with van der Waals surface area (Å²) in [5, 5.41) is 25.4. The van der Waals surface area contributed by atoms with E-state index < -0.39 is 11.9 Å². The number of nitrogens with one attached hydrogen (secondary N) is 1. The smallest absolute Gasteiger partial charge is 0.251 e.